The van der Waals surface area contributed by atoms with Crippen molar-refractivity contribution in [2.24, 2.45) is 23.5 Å². The fraction of sp³-hybridized carbons (Fsp3) is 0.472. The molecule has 8 heteroatoms. The van der Waals surface area contributed by atoms with Crippen LogP contribution in [0.15, 0.2) is 24.4 Å². The molecular weight excluding hydrogens is 546 g/mol. The molecule has 4 unspecified atom stereocenters. The predicted molar refractivity (Wildman–Crippen MR) is 177 cm³/mol. The van der Waals surface area contributed by atoms with Gasteiger partial charge in [-0.05, 0) is 97.4 Å². The number of carbonyl (C=O) groups is 1. The van der Waals surface area contributed by atoms with Gasteiger partial charge in [-0.15, -0.1) is 12.3 Å². The van der Waals surface area contributed by atoms with Crippen LogP contribution < -0.4 is 11.1 Å². The van der Waals surface area contributed by atoms with Gasteiger partial charge in [0.15, 0.2) is 0 Å². The summed E-state index contributed by atoms with van der Waals surface area (Å²) < 4.78 is 0. The first kappa shape index (κ1) is 30.1. The normalized spacial score (nSPS) is 20.8. The largest absolute Gasteiger partial charge is 0.344 e. The van der Waals surface area contributed by atoms with Gasteiger partial charge in [-0.3, -0.25) is 4.79 Å². The summed E-state index contributed by atoms with van der Waals surface area (Å²) in [5.41, 5.74) is 16.0. The van der Waals surface area contributed by atoms with Crippen molar-refractivity contribution < 1.29 is 4.79 Å². The number of hydrogen-bond acceptors (Lipinski definition) is 5. The molecule has 0 radical (unpaired) electrons. The van der Waals surface area contributed by atoms with E-state index in [0.29, 0.717) is 25.0 Å². The van der Waals surface area contributed by atoms with E-state index in [1.165, 1.54) is 33.5 Å². The number of hydrogen-bond donors (Lipinski definition) is 4. The van der Waals surface area contributed by atoms with Crippen LogP contribution in [0.3, 0.4) is 0 Å². The van der Waals surface area contributed by atoms with E-state index < -0.39 is 6.04 Å². The van der Waals surface area contributed by atoms with E-state index in [9.17, 15) is 4.79 Å². The Kier molecular flexibility index (Phi) is 8.61. The summed E-state index contributed by atoms with van der Waals surface area (Å²) >= 11 is 0. The van der Waals surface area contributed by atoms with Crippen LogP contribution in [0.1, 0.15) is 98.4 Å². The number of nitrogens with one attached hydrogen (secondary N) is 3. The van der Waals surface area contributed by atoms with E-state index >= 15 is 0 Å². The maximum Gasteiger partial charge on any atom is 0.240 e. The number of aromatic amines is 2. The summed E-state index contributed by atoms with van der Waals surface area (Å²) in [5.74, 6) is 5.11. The summed E-state index contributed by atoms with van der Waals surface area (Å²) in [5, 5.41) is 3.60. The molecule has 2 aromatic heterocycles. The second kappa shape index (κ2) is 12.6. The molecule has 3 aromatic rings. The lowest BCUT2D eigenvalue weighted by molar-refractivity contribution is -0.134. The molecule has 1 aromatic carbocycles. The lowest BCUT2D eigenvalue weighted by Gasteiger charge is -2.27. The van der Waals surface area contributed by atoms with Crippen molar-refractivity contribution in [3.05, 3.63) is 69.8 Å². The number of benzene rings is 1. The molecule has 0 saturated carbocycles. The second-order valence-corrected chi connectivity index (χ2v) is 13.3. The minimum atomic E-state index is -0.571. The van der Waals surface area contributed by atoms with Crippen LogP contribution >= 0.6 is 0 Å². The molecule has 1 saturated heterocycles. The maximum absolute atomic E-state index is 13.1. The maximum atomic E-state index is 13.1. The van der Waals surface area contributed by atoms with E-state index in [1.807, 2.05) is 27.0 Å². The molecule has 1 aliphatic heterocycles. The van der Waals surface area contributed by atoms with E-state index in [2.05, 4.69) is 63.5 Å². The Hall–Kier alpha value is -3.93. The van der Waals surface area contributed by atoms with Gasteiger partial charge < -0.3 is 25.9 Å². The fourth-order valence-electron chi connectivity index (χ4n) is 6.57. The second-order valence-electron chi connectivity index (χ2n) is 13.3. The fourth-order valence-corrected chi connectivity index (χ4v) is 6.57. The lowest BCUT2D eigenvalue weighted by Crippen LogP contribution is -2.47. The number of H-pyrrole nitrogens is 2. The number of rotatable bonds is 9. The molecule has 1 fully saturated rings. The third-order valence-electron chi connectivity index (χ3n) is 9.38. The van der Waals surface area contributed by atoms with Gasteiger partial charge in [-0.1, -0.05) is 39.0 Å². The average molecular weight is 592 g/mol. The predicted octanol–water partition coefficient (Wildman–Crippen LogP) is 5.36. The van der Waals surface area contributed by atoms with Crippen molar-refractivity contribution in [1.82, 2.24) is 30.2 Å². The van der Waals surface area contributed by atoms with Gasteiger partial charge in [0.25, 0.3) is 0 Å². The zero-order valence-electron chi connectivity index (χ0n) is 26.4. The third-order valence-corrected chi connectivity index (χ3v) is 9.38. The van der Waals surface area contributed by atoms with Crippen LogP contribution in [-0.2, 0) is 24.2 Å². The zero-order valence-corrected chi connectivity index (χ0v) is 26.4. The number of carbonyl (C=O) groups excluding carboxylic acids is 1. The Morgan fingerprint density at radius 3 is 2.70 bits per heavy atom. The van der Waals surface area contributed by atoms with Crippen molar-refractivity contribution in [1.29, 1.82) is 0 Å². The van der Waals surface area contributed by atoms with Gasteiger partial charge in [0.2, 0.25) is 5.91 Å². The molecule has 5 N–H and O–H groups in total. The topological polar surface area (TPSA) is 116 Å². The average Bonchev–Trinajstić information content (AvgIpc) is 3.78. The Bertz CT molecular complexity index is 1630. The van der Waals surface area contributed by atoms with E-state index in [-0.39, 0.29) is 17.7 Å². The van der Waals surface area contributed by atoms with E-state index in [4.69, 9.17) is 17.1 Å². The van der Waals surface area contributed by atoms with Gasteiger partial charge in [0.1, 0.15) is 11.6 Å². The molecule has 8 nitrogen and oxygen atoms in total. The molecule has 6 rings (SSSR count). The highest BCUT2D eigenvalue weighted by Gasteiger charge is 2.28. The first-order chi connectivity index (χ1) is 21.2. The van der Waals surface area contributed by atoms with E-state index in [1.54, 1.807) is 4.90 Å². The van der Waals surface area contributed by atoms with Crippen molar-refractivity contribution in [3.8, 4) is 12.3 Å². The molecule has 0 bridgehead atoms. The third kappa shape index (κ3) is 6.31. The molecule has 230 valence electrons. The summed E-state index contributed by atoms with van der Waals surface area (Å²) in [6.07, 6.45) is 17.1. The quantitative estimate of drug-likeness (QED) is 0.250. The number of imidazole rings is 2. The number of allylic oxidation sites excluding steroid dienone is 2. The summed E-state index contributed by atoms with van der Waals surface area (Å²) in [6, 6.07) is 6.62. The van der Waals surface area contributed by atoms with Crippen LogP contribution in [0.4, 0.5) is 0 Å². The minimum absolute atomic E-state index is 0.0412. The van der Waals surface area contributed by atoms with Gasteiger partial charge >= 0.3 is 0 Å². The summed E-state index contributed by atoms with van der Waals surface area (Å²) in [7, 11) is 0. The van der Waals surface area contributed by atoms with Crippen molar-refractivity contribution >= 4 is 29.2 Å². The molecule has 3 aliphatic rings. The molecular formula is C36H45N7O. The van der Waals surface area contributed by atoms with E-state index in [0.717, 1.165) is 61.7 Å². The number of fused-ring (bicyclic) bond motifs is 2. The van der Waals surface area contributed by atoms with Crippen LogP contribution in [0.5, 0.6) is 0 Å². The summed E-state index contributed by atoms with van der Waals surface area (Å²) in [6.45, 7) is 10.00. The van der Waals surface area contributed by atoms with Crippen LogP contribution in [-0.4, -0.2) is 49.9 Å². The number of nitrogens with zero attached hydrogens (tertiary/aromatic N) is 3. The molecule has 4 atom stereocenters. The smallest absolute Gasteiger partial charge is 0.240 e. The number of terminal acetylenes is 1. The summed E-state index contributed by atoms with van der Waals surface area (Å²) in [4.78, 5) is 31.6. The Labute approximate surface area is 261 Å². The molecule has 2 aliphatic carbocycles. The molecule has 3 heterocycles. The van der Waals surface area contributed by atoms with Crippen LogP contribution in [0.25, 0.3) is 23.3 Å². The van der Waals surface area contributed by atoms with Crippen molar-refractivity contribution in [2.45, 2.75) is 78.4 Å². The van der Waals surface area contributed by atoms with Crippen LogP contribution in [0.2, 0.25) is 0 Å². The SMILES string of the molecule is C#CC(C)CN(Cc1ncc(C2=Cc3ccc(C4=Cc5nc(C6CC(C)CN6)[nH]c5CC4)cc3CC2)[nH]1)C(=O)C(N)C(C)C. The zero-order chi connectivity index (χ0) is 31.0. The highest BCUT2D eigenvalue weighted by atomic mass is 16.2. The Morgan fingerprint density at radius 1 is 1.14 bits per heavy atom. The first-order valence-electron chi connectivity index (χ1n) is 16.1. The minimum Gasteiger partial charge on any atom is -0.344 e. The monoisotopic (exact) mass is 591 g/mol. The van der Waals surface area contributed by atoms with Gasteiger partial charge in [-0.2, -0.15) is 0 Å². The van der Waals surface area contributed by atoms with Gasteiger partial charge in [0.05, 0.1) is 36.2 Å². The molecule has 44 heavy (non-hydrogen) atoms. The standard InChI is InChI=1S/C36H45N7O/c1-6-22(4)19-43(36(44)34(37)21(2)3)20-33-39-18-32(40-33)28-10-9-24-14-25(7-8-26(24)15-28)27-11-12-29-30(16-27)42-35(41-29)31-13-23(5)17-38-31/h1,7-8,14-16,18,21-23,31,34,38H,9-13,17,19-20,37H2,2-5H3,(H,39,40)(H,41,42). The highest BCUT2D eigenvalue weighted by molar-refractivity contribution is 5.87. The number of amides is 1. The lowest BCUT2D eigenvalue weighted by atomic mass is 9.87. The number of nitrogens with two attached hydrogens (primary N) is 1. The van der Waals surface area contributed by atoms with Crippen LogP contribution in [0, 0.1) is 30.1 Å². The van der Waals surface area contributed by atoms with Crippen molar-refractivity contribution in [2.75, 3.05) is 13.1 Å². The molecule has 1 amide bonds. The number of aromatic nitrogens is 4. The number of aryl methyl sites for hydroxylation is 2. The first-order valence-corrected chi connectivity index (χ1v) is 16.1. The van der Waals surface area contributed by atoms with Gasteiger partial charge in [0, 0.05) is 18.2 Å². The highest BCUT2D eigenvalue weighted by Crippen LogP contribution is 2.35. The molecule has 0 spiro atoms. The Balaban J connectivity index is 1.16. The van der Waals surface area contributed by atoms with Crippen molar-refractivity contribution in [3.63, 3.8) is 0 Å². The Morgan fingerprint density at radius 2 is 1.95 bits per heavy atom. The van der Waals surface area contributed by atoms with Gasteiger partial charge in [-0.25, -0.2) is 9.97 Å².